The first-order valence-electron chi connectivity index (χ1n) is 10.2. The molecular weight excluding hydrogens is 427 g/mol. The zero-order chi connectivity index (χ0) is 22.9. The summed E-state index contributed by atoms with van der Waals surface area (Å²) in [7, 11) is 1.59. The molecule has 0 saturated heterocycles. The number of nitrogens with two attached hydrogens (primary N) is 1. The number of hydrogen-bond acceptors (Lipinski definition) is 7. The minimum absolute atomic E-state index is 0.00624. The van der Waals surface area contributed by atoms with Gasteiger partial charge in [-0.3, -0.25) is 9.36 Å². The van der Waals surface area contributed by atoms with E-state index in [0.717, 1.165) is 27.9 Å². The van der Waals surface area contributed by atoms with Crippen LogP contribution in [-0.2, 0) is 13.1 Å². The Morgan fingerprint density at radius 1 is 1.06 bits per heavy atom. The molecule has 5 rings (SSSR count). The average molecular weight is 448 g/mol. The van der Waals surface area contributed by atoms with Gasteiger partial charge in [-0.05, 0) is 17.7 Å². The van der Waals surface area contributed by atoms with Crippen LogP contribution in [0, 0.1) is 5.82 Å². The first-order valence-corrected chi connectivity index (χ1v) is 10.2. The van der Waals surface area contributed by atoms with Crippen LogP contribution in [0.25, 0.3) is 27.9 Å². The fourth-order valence-electron chi connectivity index (χ4n) is 3.86. The Morgan fingerprint density at radius 2 is 1.91 bits per heavy atom. The van der Waals surface area contributed by atoms with Gasteiger partial charge in [-0.25, -0.2) is 13.9 Å². The molecule has 0 radical (unpaired) electrons. The second-order valence-electron chi connectivity index (χ2n) is 7.45. The monoisotopic (exact) mass is 448 g/mol. The van der Waals surface area contributed by atoms with Crippen molar-refractivity contribution in [3.05, 3.63) is 66.8 Å². The second kappa shape index (κ2) is 8.36. The molecule has 0 spiro atoms. The molecule has 33 heavy (non-hydrogen) atoms. The van der Waals surface area contributed by atoms with Gasteiger partial charge >= 0.3 is 0 Å². The number of aliphatic hydroxyl groups excluding tert-OH is 1. The second-order valence-corrected chi connectivity index (χ2v) is 7.45. The van der Waals surface area contributed by atoms with Gasteiger partial charge in [0.05, 0.1) is 51.1 Å². The summed E-state index contributed by atoms with van der Waals surface area (Å²) in [4.78, 5) is 4.17. The van der Waals surface area contributed by atoms with Crippen molar-refractivity contribution in [3.8, 4) is 28.1 Å². The molecule has 3 N–H and O–H groups in total. The Labute approximate surface area is 187 Å². The van der Waals surface area contributed by atoms with Crippen LogP contribution in [0.4, 0.5) is 10.2 Å². The highest BCUT2D eigenvalue weighted by atomic mass is 19.1. The Hall–Kier alpha value is -4.25. The molecule has 10 nitrogen and oxygen atoms in total. The van der Waals surface area contributed by atoms with Gasteiger partial charge in [-0.2, -0.15) is 15.3 Å². The molecule has 0 aliphatic carbocycles. The predicted octanol–water partition coefficient (Wildman–Crippen LogP) is 2.23. The van der Waals surface area contributed by atoms with Gasteiger partial charge < -0.3 is 15.6 Å². The van der Waals surface area contributed by atoms with Gasteiger partial charge in [0.15, 0.2) is 11.6 Å². The summed E-state index contributed by atoms with van der Waals surface area (Å²) < 4.78 is 23.8. The molecule has 5 aromatic rings. The van der Waals surface area contributed by atoms with Gasteiger partial charge in [0.2, 0.25) is 0 Å². The normalized spacial score (nSPS) is 11.4. The minimum Gasteiger partial charge on any atom is -0.496 e. The van der Waals surface area contributed by atoms with Crippen molar-refractivity contribution in [2.45, 2.75) is 13.1 Å². The summed E-state index contributed by atoms with van der Waals surface area (Å²) in [6.45, 7) is 0.754. The van der Waals surface area contributed by atoms with E-state index in [0.29, 0.717) is 30.2 Å². The molecule has 0 aliphatic rings. The predicted molar refractivity (Wildman–Crippen MR) is 119 cm³/mol. The Bertz CT molecular complexity index is 1440. The number of hydrogen-bond donors (Lipinski definition) is 2. The number of rotatable bonds is 7. The van der Waals surface area contributed by atoms with Crippen molar-refractivity contribution in [3.63, 3.8) is 0 Å². The van der Waals surface area contributed by atoms with Crippen LogP contribution in [-0.4, -0.2) is 53.0 Å². The quantitative estimate of drug-likeness (QED) is 0.392. The lowest BCUT2D eigenvalue weighted by molar-refractivity contribution is 0.269. The van der Waals surface area contributed by atoms with E-state index in [-0.39, 0.29) is 6.61 Å². The Morgan fingerprint density at radius 3 is 2.67 bits per heavy atom. The number of methoxy groups -OCH3 is 1. The SMILES string of the molecule is COc1cc(-c2cc(-c3cnn(CCO)c3)n3ncnc(N)c23)ccc1Cn1cc(F)cn1. The smallest absolute Gasteiger partial charge is 0.161 e. The number of halogens is 1. The lowest BCUT2D eigenvalue weighted by Crippen LogP contribution is -2.03. The number of nitrogen functional groups attached to an aromatic ring is 1. The van der Waals surface area contributed by atoms with E-state index in [1.807, 2.05) is 30.5 Å². The molecular formula is C22H21FN8O2. The van der Waals surface area contributed by atoms with Crippen LogP contribution in [0.3, 0.4) is 0 Å². The third-order valence-corrected chi connectivity index (χ3v) is 5.37. The molecule has 0 aliphatic heterocycles. The Balaban J connectivity index is 1.60. The van der Waals surface area contributed by atoms with Crippen molar-refractivity contribution < 1.29 is 14.2 Å². The van der Waals surface area contributed by atoms with Crippen molar-refractivity contribution in [2.75, 3.05) is 19.5 Å². The molecule has 11 heteroatoms. The summed E-state index contributed by atoms with van der Waals surface area (Å²) in [6.07, 6.45) is 7.46. The van der Waals surface area contributed by atoms with E-state index in [4.69, 9.17) is 10.5 Å². The molecule has 1 aromatic carbocycles. The van der Waals surface area contributed by atoms with E-state index in [2.05, 4.69) is 20.3 Å². The highest BCUT2D eigenvalue weighted by Crippen LogP contribution is 2.36. The number of ether oxygens (including phenoxy) is 1. The average Bonchev–Trinajstić information content (AvgIpc) is 3.53. The maximum atomic E-state index is 13.3. The van der Waals surface area contributed by atoms with Crippen LogP contribution < -0.4 is 10.5 Å². The number of anilines is 1. The highest BCUT2D eigenvalue weighted by Gasteiger charge is 2.19. The van der Waals surface area contributed by atoms with E-state index in [9.17, 15) is 9.50 Å². The molecule has 0 bridgehead atoms. The van der Waals surface area contributed by atoms with Crippen LogP contribution in [0.1, 0.15) is 5.56 Å². The van der Waals surface area contributed by atoms with E-state index < -0.39 is 5.82 Å². The van der Waals surface area contributed by atoms with Gasteiger partial charge in [0, 0.05) is 22.9 Å². The maximum Gasteiger partial charge on any atom is 0.161 e. The van der Waals surface area contributed by atoms with Crippen molar-refractivity contribution in [1.29, 1.82) is 0 Å². The minimum atomic E-state index is -0.392. The van der Waals surface area contributed by atoms with Crippen molar-refractivity contribution in [1.82, 2.24) is 34.2 Å². The first-order chi connectivity index (χ1) is 16.1. The van der Waals surface area contributed by atoms with Gasteiger partial charge in [-0.1, -0.05) is 12.1 Å². The molecule has 0 fully saturated rings. The fraction of sp³-hybridized carbons (Fsp3) is 0.182. The summed E-state index contributed by atoms with van der Waals surface area (Å²) in [6, 6.07) is 7.72. The summed E-state index contributed by atoms with van der Waals surface area (Å²) in [5.41, 5.74) is 11.0. The first kappa shape index (κ1) is 20.6. The van der Waals surface area contributed by atoms with E-state index in [1.54, 1.807) is 22.5 Å². The summed E-state index contributed by atoms with van der Waals surface area (Å²) in [5.74, 6) is 0.579. The Kier molecular flexibility index (Phi) is 5.23. The highest BCUT2D eigenvalue weighted by molar-refractivity contribution is 5.92. The lowest BCUT2D eigenvalue weighted by Gasteiger charge is -2.11. The zero-order valence-corrected chi connectivity index (χ0v) is 17.8. The number of fused-ring (bicyclic) bond motifs is 1. The molecule has 0 unspecified atom stereocenters. The van der Waals surface area contributed by atoms with Gasteiger partial charge in [-0.15, -0.1) is 0 Å². The fourth-order valence-corrected chi connectivity index (χ4v) is 3.86. The summed E-state index contributed by atoms with van der Waals surface area (Å²) in [5, 5.41) is 21.9. The summed E-state index contributed by atoms with van der Waals surface area (Å²) >= 11 is 0. The van der Waals surface area contributed by atoms with Crippen LogP contribution in [0.15, 0.2) is 55.4 Å². The lowest BCUT2D eigenvalue weighted by atomic mass is 10.0. The molecule has 0 atom stereocenters. The maximum absolute atomic E-state index is 13.3. The van der Waals surface area contributed by atoms with Crippen LogP contribution >= 0.6 is 0 Å². The van der Waals surface area contributed by atoms with E-state index in [1.165, 1.54) is 23.4 Å². The largest absolute Gasteiger partial charge is 0.496 e. The number of nitrogens with zero attached hydrogens (tertiary/aromatic N) is 7. The van der Waals surface area contributed by atoms with Gasteiger partial charge in [0.25, 0.3) is 0 Å². The van der Waals surface area contributed by atoms with Crippen LogP contribution in [0.2, 0.25) is 0 Å². The molecule has 0 saturated carbocycles. The third-order valence-electron chi connectivity index (χ3n) is 5.37. The number of aliphatic hydroxyl groups is 1. The topological polar surface area (TPSA) is 121 Å². The molecule has 4 aromatic heterocycles. The zero-order valence-electron chi connectivity index (χ0n) is 17.8. The van der Waals surface area contributed by atoms with Crippen LogP contribution in [0.5, 0.6) is 5.75 Å². The number of aromatic nitrogens is 7. The molecule has 0 amide bonds. The van der Waals surface area contributed by atoms with Gasteiger partial charge in [0.1, 0.15) is 17.6 Å². The molecule has 4 heterocycles. The third kappa shape index (κ3) is 3.78. The van der Waals surface area contributed by atoms with Crippen molar-refractivity contribution in [2.24, 2.45) is 0 Å². The number of benzene rings is 1. The van der Waals surface area contributed by atoms with Crippen molar-refractivity contribution >= 4 is 11.3 Å². The standard InChI is InChI=1S/C22H21FN8O2/c1-33-20-6-14(2-3-15(20)10-30-12-17(23)9-27-30)18-7-19(16-8-26-29(11-16)4-5-32)31-21(18)22(24)25-13-28-31/h2-3,6-9,11-13,32H,4-5,10H2,1H3,(H2,24,25,28). The molecule has 168 valence electrons. The van der Waals surface area contributed by atoms with E-state index >= 15 is 0 Å².